The molecule has 0 spiro atoms. The SMILES string of the molecule is CC1(O)c2ccccc2-c2c1c1c(c3ccccc23)OCC=C1c1ccccc1. The largest absolute Gasteiger partial charge is 0.488 e. The molecule has 0 saturated heterocycles. The summed E-state index contributed by atoms with van der Waals surface area (Å²) in [7, 11) is 0. The summed E-state index contributed by atoms with van der Waals surface area (Å²) in [5.74, 6) is 0.869. The second kappa shape index (κ2) is 5.82. The fraction of sp³-hybridized carbons (Fsp3) is 0.111. The molecular formula is C27H20O2. The third kappa shape index (κ3) is 2.15. The van der Waals surface area contributed by atoms with Crippen molar-refractivity contribution in [3.05, 3.63) is 107 Å². The standard InChI is InChI=1S/C27H20O2/c1-27(28)22-14-8-7-13-21(22)23-19-11-5-6-12-20(19)26-24(25(23)27)18(15-16-29-26)17-9-3-2-4-10-17/h2-15,28H,16H2,1H3. The molecule has 0 aromatic heterocycles. The van der Waals surface area contributed by atoms with Gasteiger partial charge in [-0.1, -0.05) is 78.9 Å². The van der Waals surface area contributed by atoms with Gasteiger partial charge in [-0.15, -0.1) is 0 Å². The van der Waals surface area contributed by atoms with E-state index in [1.54, 1.807) is 0 Å². The van der Waals surface area contributed by atoms with E-state index in [-0.39, 0.29) is 0 Å². The Kier molecular flexibility index (Phi) is 3.33. The fourth-order valence-electron chi connectivity index (χ4n) is 5.03. The van der Waals surface area contributed by atoms with E-state index in [1.807, 2.05) is 31.2 Å². The van der Waals surface area contributed by atoms with Gasteiger partial charge in [-0.05, 0) is 46.2 Å². The van der Waals surface area contributed by atoms with E-state index in [0.717, 1.165) is 55.5 Å². The number of rotatable bonds is 1. The number of aliphatic hydroxyl groups is 1. The van der Waals surface area contributed by atoms with Gasteiger partial charge in [0.05, 0.1) is 0 Å². The van der Waals surface area contributed by atoms with Gasteiger partial charge in [0, 0.05) is 16.5 Å². The lowest BCUT2D eigenvalue weighted by Gasteiger charge is -2.29. The number of benzene rings is 4. The molecule has 0 saturated carbocycles. The van der Waals surface area contributed by atoms with Crippen molar-refractivity contribution in [1.29, 1.82) is 0 Å². The minimum atomic E-state index is -1.09. The van der Waals surface area contributed by atoms with E-state index in [0.29, 0.717) is 6.61 Å². The van der Waals surface area contributed by atoms with Gasteiger partial charge in [0.15, 0.2) is 0 Å². The summed E-state index contributed by atoms with van der Waals surface area (Å²) < 4.78 is 6.22. The highest BCUT2D eigenvalue weighted by atomic mass is 16.5. The van der Waals surface area contributed by atoms with Crippen LogP contribution in [-0.4, -0.2) is 11.7 Å². The molecule has 4 aromatic rings. The van der Waals surface area contributed by atoms with Crippen molar-refractivity contribution >= 4 is 16.3 Å². The van der Waals surface area contributed by atoms with E-state index in [1.165, 1.54) is 0 Å². The Labute approximate surface area is 169 Å². The number of hydrogen-bond acceptors (Lipinski definition) is 2. The van der Waals surface area contributed by atoms with Gasteiger partial charge in [0.25, 0.3) is 0 Å². The average molecular weight is 376 g/mol. The van der Waals surface area contributed by atoms with Crippen LogP contribution in [0.25, 0.3) is 27.5 Å². The minimum absolute atomic E-state index is 0.523. The summed E-state index contributed by atoms with van der Waals surface area (Å²) >= 11 is 0. The molecule has 29 heavy (non-hydrogen) atoms. The number of fused-ring (bicyclic) bond motifs is 8. The van der Waals surface area contributed by atoms with Gasteiger partial charge >= 0.3 is 0 Å². The molecule has 1 aliphatic carbocycles. The lowest BCUT2D eigenvalue weighted by atomic mass is 9.81. The van der Waals surface area contributed by atoms with Crippen LogP contribution in [-0.2, 0) is 5.60 Å². The van der Waals surface area contributed by atoms with Gasteiger partial charge < -0.3 is 9.84 Å². The molecule has 2 aliphatic rings. The van der Waals surface area contributed by atoms with Gasteiger partial charge in [-0.2, -0.15) is 0 Å². The second-order valence-corrected chi connectivity index (χ2v) is 7.91. The first-order valence-electron chi connectivity index (χ1n) is 9.98. The maximum absolute atomic E-state index is 11.8. The summed E-state index contributed by atoms with van der Waals surface area (Å²) in [6.07, 6.45) is 2.13. The van der Waals surface area contributed by atoms with Crippen molar-refractivity contribution in [1.82, 2.24) is 0 Å². The molecule has 2 heteroatoms. The first kappa shape index (κ1) is 16.6. The zero-order valence-corrected chi connectivity index (χ0v) is 16.1. The van der Waals surface area contributed by atoms with Crippen molar-refractivity contribution in [3.63, 3.8) is 0 Å². The summed E-state index contributed by atoms with van der Waals surface area (Å²) in [6, 6.07) is 26.9. The molecule has 4 aromatic carbocycles. The van der Waals surface area contributed by atoms with Crippen LogP contribution in [0.5, 0.6) is 5.75 Å². The first-order valence-corrected chi connectivity index (χ1v) is 9.98. The fourth-order valence-corrected chi connectivity index (χ4v) is 5.03. The molecule has 1 aliphatic heterocycles. The van der Waals surface area contributed by atoms with E-state index in [4.69, 9.17) is 4.74 Å². The van der Waals surface area contributed by atoms with E-state index < -0.39 is 5.60 Å². The van der Waals surface area contributed by atoms with Crippen molar-refractivity contribution in [2.24, 2.45) is 0 Å². The van der Waals surface area contributed by atoms with E-state index in [9.17, 15) is 5.11 Å². The van der Waals surface area contributed by atoms with Crippen LogP contribution in [0, 0.1) is 0 Å². The molecule has 2 nitrogen and oxygen atoms in total. The summed E-state index contributed by atoms with van der Waals surface area (Å²) in [6.45, 7) is 2.43. The van der Waals surface area contributed by atoms with Crippen LogP contribution in [0.4, 0.5) is 0 Å². The first-order chi connectivity index (χ1) is 14.2. The van der Waals surface area contributed by atoms with Gasteiger partial charge in [0.1, 0.15) is 18.0 Å². The predicted molar refractivity (Wildman–Crippen MR) is 117 cm³/mol. The molecule has 1 N–H and O–H groups in total. The zero-order chi connectivity index (χ0) is 19.6. The van der Waals surface area contributed by atoms with Crippen LogP contribution < -0.4 is 4.74 Å². The summed E-state index contributed by atoms with van der Waals surface area (Å²) in [4.78, 5) is 0. The average Bonchev–Trinajstić information content (AvgIpc) is 3.02. The molecule has 0 fully saturated rings. The predicted octanol–water partition coefficient (Wildman–Crippen LogP) is 5.90. The Balaban J connectivity index is 1.81. The van der Waals surface area contributed by atoms with Crippen molar-refractivity contribution in [3.8, 4) is 16.9 Å². The van der Waals surface area contributed by atoms with Crippen LogP contribution in [0.15, 0.2) is 84.9 Å². The molecular weight excluding hydrogens is 356 g/mol. The van der Waals surface area contributed by atoms with Crippen LogP contribution in [0.3, 0.4) is 0 Å². The monoisotopic (exact) mass is 376 g/mol. The van der Waals surface area contributed by atoms with Gasteiger partial charge in [-0.25, -0.2) is 0 Å². The zero-order valence-electron chi connectivity index (χ0n) is 16.1. The maximum atomic E-state index is 11.8. The Morgan fingerprint density at radius 3 is 2.31 bits per heavy atom. The van der Waals surface area contributed by atoms with Crippen molar-refractivity contribution in [2.75, 3.05) is 6.61 Å². The van der Waals surface area contributed by atoms with E-state index in [2.05, 4.69) is 60.7 Å². The van der Waals surface area contributed by atoms with Crippen LogP contribution in [0.1, 0.15) is 29.2 Å². The molecule has 0 radical (unpaired) electrons. The lowest BCUT2D eigenvalue weighted by Crippen LogP contribution is -2.22. The smallest absolute Gasteiger partial charge is 0.135 e. The Bertz CT molecular complexity index is 1310. The molecule has 1 atom stereocenters. The lowest BCUT2D eigenvalue weighted by molar-refractivity contribution is 0.107. The number of hydrogen-bond donors (Lipinski definition) is 1. The van der Waals surface area contributed by atoms with E-state index >= 15 is 0 Å². The minimum Gasteiger partial charge on any atom is -0.488 e. The number of ether oxygens (including phenoxy) is 1. The highest BCUT2D eigenvalue weighted by Crippen LogP contribution is 2.57. The Morgan fingerprint density at radius 2 is 1.48 bits per heavy atom. The van der Waals surface area contributed by atoms with Gasteiger partial charge in [0.2, 0.25) is 0 Å². The molecule has 1 heterocycles. The summed E-state index contributed by atoms with van der Waals surface area (Å²) in [5, 5.41) is 14.0. The summed E-state index contributed by atoms with van der Waals surface area (Å²) in [5.41, 5.74) is 6.31. The third-order valence-electron chi connectivity index (χ3n) is 6.25. The van der Waals surface area contributed by atoms with Gasteiger partial charge in [-0.3, -0.25) is 0 Å². The van der Waals surface area contributed by atoms with Crippen molar-refractivity contribution in [2.45, 2.75) is 12.5 Å². The Hall–Kier alpha value is -3.36. The highest BCUT2D eigenvalue weighted by molar-refractivity contribution is 6.10. The van der Waals surface area contributed by atoms with Crippen LogP contribution >= 0.6 is 0 Å². The quantitative estimate of drug-likeness (QED) is 0.448. The van der Waals surface area contributed by atoms with Crippen LogP contribution in [0.2, 0.25) is 0 Å². The molecule has 0 bridgehead atoms. The normalized spacial score (nSPS) is 19.2. The molecule has 140 valence electrons. The molecule has 6 rings (SSSR count). The Morgan fingerprint density at radius 1 is 0.793 bits per heavy atom. The third-order valence-corrected chi connectivity index (χ3v) is 6.25. The molecule has 0 amide bonds. The molecule has 1 unspecified atom stereocenters. The highest BCUT2D eigenvalue weighted by Gasteiger charge is 2.43. The van der Waals surface area contributed by atoms with Crippen molar-refractivity contribution < 1.29 is 9.84 Å². The topological polar surface area (TPSA) is 29.5 Å². The maximum Gasteiger partial charge on any atom is 0.135 e. The second-order valence-electron chi connectivity index (χ2n) is 7.91.